The van der Waals surface area contributed by atoms with Crippen LogP contribution in [-0.2, 0) is 0 Å². The van der Waals surface area contributed by atoms with Gasteiger partial charge in [-0.3, -0.25) is 14.9 Å². The molecule has 0 saturated heterocycles. The second kappa shape index (κ2) is 4.94. The van der Waals surface area contributed by atoms with Crippen LogP contribution in [0.15, 0.2) is 12.1 Å². The minimum Gasteiger partial charge on any atom is -0.492 e. The Labute approximate surface area is 97.1 Å². The van der Waals surface area contributed by atoms with Crippen molar-refractivity contribution in [3.8, 4) is 5.75 Å². The van der Waals surface area contributed by atoms with E-state index in [1.165, 1.54) is 19.1 Å². The summed E-state index contributed by atoms with van der Waals surface area (Å²) in [5.41, 5.74) is -0.418. The Hall–Kier alpha value is -1.62. The fourth-order valence-electron chi connectivity index (χ4n) is 1.30. The van der Waals surface area contributed by atoms with Crippen molar-refractivity contribution in [3.05, 3.63) is 32.8 Å². The Balaban J connectivity index is 3.41. The molecule has 1 aromatic rings. The highest BCUT2D eigenvalue weighted by Gasteiger charge is 2.23. The van der Waals surface area contributed by atoms with Gasteiger partial charge < -0.3 is 4.74 Å². The molecule has 0 saturated carbocycles. The van der Waals surface area contributed by atoms with Crippen LogP contribution in [0.1, 0.15) is 24.2 Å². The largest absolute Gasteiger partial charge is 0.492 e. The third kappa shape index (κ3) is 2.30. The molecule has 0 N–H and O–H groups in total. The van der Waals surface area contributed by atoms with E-state index in [1.807, 2.05) is 0 Å². The Bertz CT molecular complexity index is 445. The summed E-state index contributed by atoms with van der Waals surface area (Å²) in [6.07, 6.45) is 0. The third-order valence-corrected chi connectivity index (χ3v) is 2.31. The molecule has 0 bridgehead atoms. The van der Waals surface area contributed by atoms with Crippen LogP contribution in [0.5, 0.6) is 5.75 Å². The summed E-state index contributed by atoms with van der Waals surface area (Å²) in [6.45, 7) is 3.35. The molecule has 16 heavy (non-hydrogen) atoms. The fraction of sp³-hybridized carbons (Fsp3) is 0.300. The maximum absolute atomic E-state index is 11.3. The van der Waals surface area contributed by atoms with Gasteiger partial charge in [-0.2, -0.15) is 0 Å². The summed E-state index contributed by atoms with van der Waals surface area (Å²) in [7, 11) is 0. The summed E-state index contributed by atoms with van der Waals surface area (Å²) < 4.78 is 5.16. The Kier molecular flexibility index (Phi) is 3.84. The van der Waals surface area contributed by atoms with Crippen LogP contribution in [0.2, 0.25) is 5.02 Å². The number of ketones is 1. The van der Waals surface area contributed by atoms with Gasteiger partial charge in [-0.1, -0.05) is 11.6 Å². The van der Waals surface area contributed by atoms with Crippen molar-refractivity contribution in [2.75, 3.05) is 6.61 Å². The highest BCUT2D eigenvalue weighted by atomic mass is 35.5. The lowest BCUT2D eigenvalue weighted by molar-refractivity contribution is -0.385. The van der Waals surface area contributed by atoms with Crippen LogP contribution < -0.4 is 4.74 Å². The summed E-state index contributed by atoms with van der Waals surface area (Å²) in [5.74, 6) is -0.182. The van der Waals surface area contributed by atoms with E-state index in [2.05, 4.69) is 0 Å². The molecule has 6 heteroatoms. The van der Waals surface area contributed by atoms with Gasteiger partial charge in [0.15, 0.2) is 5.78 Å². The highest BCUT2D eigenvalue weighted by Crippen LogP contribution is 2.34. The van der Waals surface area contributed by atoms with Crippen LogP contribution >= 0.6 is 11.6 Å². The Morgan fingerprint density at radius 1 is 1.56 bits per heavy atom. The molecule has 0 fully saturated rings. The van der Waals surface area contributed by atoms with E-state index in [-0.39, 0.29) is 22.0 Å². The average molecular weight is 244 g/mol. The third-order valence-electron chi connectivity index (χ3n) is 1.93. The monoisotopic (exact) mass is 243 g/mol. The number of Topliss-reactive ketones (excluding diaryl/α,β-unsaturated/α-hetero) is 1. The van der Waals surface area contributed by atoms with Crippen molar-refractivity contribution in [3.63, 3.8) is 0 Å². The number of halogens is 1. The molecule has 5 nitrogen and oxygen atoms in total. The molecule has 0 atom stereocenters. The molecular weight excluding hydrogens is 234 g/mol. The molecule has 0 amide bonds. The smallest absolute Gasteiger partial charge is 0.281 e. The second-order valence-electron chi connectivity index (χ2n) is 3.02. The van der Waals surface area contributed by atoms with E-state index in [0.717, 1.165) is 0 Å². The topological polar surface area (TPSA) is 69.4 Å². The standard InChI is InChI=1S/C10H10ClNO4/c1-3-16-8-5-4-7(12(14)15)9(6(2)13)10(8)11/h4-5H,3H2,1-2H3. The first-order chi connectivity index (χ1) is 7.49. The first kappa shape index (κ1) is 12.4. The van der Waals surface area contributed by atoms with Crippen LogP contribution in [0.25, 0.3) is 0 Å². The van der Waals surface area contributed by atoms with Gasteiger partial charge in [0, 0.05) is 6.07 Å². The molecule has 0 aliphatic rings. The first-order valence-corrected chi connectivity index (χ1v) is 4.97. The van der Waals surface area contributed by atoms with Gasteiger partial charge in [0.2, 0.25) is 0 Å². The van der Waals surface area contributed by atoms with E-state index in [0.29, 0.717) is 6.61 Å². The number of nitro benzene ring substituents is 1. The van der Waals surface area contributed by atoms with E-state index in [9.17, 15) is 14.9 Å². The maximum Gasteiger partial charge on any atom is 0.281 e. The Morgan fingerprint density at radius 2 is 2.19 bits per heavy atom. The van der Waals surface area contributed by atoms with Gasteiger partial charge >= 0.3 is 0 Å². The Morgan fingerprint density at radius 3 is 2.62 bits per heavy atom. The highest BCUT2D eigenvalue weighted by molar-refractivity contribution is 6.35. The number of carbonyl (C=O) groups is 1. The minimum atomic E-state index is -0.641. The van der Waals surface area contributed by atoms with Crippen molar-refractivity contribution in [1.29, 1.82) is 0 Å². The SMILES string of the molecule is CCOc1ccc([N+](=O)[O-])c(C(C)=O)c1Cl. The lowest BCUT2D eigenvalue weighted by atomic mass is 10.1. The second-order valence-corrected chi connectivity index (χ2v) is 3.40. The molecule has 1 rings (SSSR count). The number of rotatable bonds is 4. The van der Waals surface area contributed by atoms with Crippen LogP contribution in [0.4, 0.5) is 5.69 Å². The summed E-state index contributed by atoms with van der Waals surface area (Å²) in [4.78, 5) is 21.4. The van der Waals surface area contributed by atoms with E-state index >= 15 is 0 Å². The minimum absolute atomic E-state index is 0.0106. The number of nitrogens with zero attached hydrogens (tertiary/aromatic N) is 1. The molecular formula is C10H10ClNO4. The van der Waals surface area contributed by atoms with Crippen molar-refractivity contribution in [1.82, 2.24) is 0 Å². The van der Waals surface area contributed by atoms with Crippen molar-refractivity contribution < 1.29 is 14.5 Å². The number of ether oxygens (including phenoxy) is 1. The van der Waals surface area contributed by atoms with Gasteiger partial charge in [0.1, 0.15) is 16.3 Å². The molecule has 0 aromatic heterocycles. The normalized spacial score (nSPS) is 9.94. The average Bonchev–Trinajstić information content (AvgIpc) is 2.20. The van der Waals surface area contributed by atoms with Crippen LogP contribution in [0.3, 0.4) is 0 Å². The fourth-order valence-corrected chi connectivity index (χ4v) is 1.65. The van der Waals surface area contributed by atoms with E-state index in [1.54, 1.807) is 6.92 Å². The quantitative estimate of drug-likeness (QED) is 0.463. The first-order valence-electron chi connectivity index (χ1n) is 4.59. The molecule has 0 radical (unpaired) electrons. The number of carbonyl (C=O) groups excluding carboxylic acids is 1. The number of hydrogen-bond acceptors (Lipinski definition) is 4. The maximum atomic E-state index is 11.3. The molecule has 0 unspecified atom stereocenters. The summed E-state index contributed by atoms with van der Waals surface area (Å²) in [6, 6.07) is 2.60. The zero-order chi connectivity index (χ0) is 12.3. The molecule has 0 aliphatic heterocycles. The van der Waals surface area contributed by atoms with Crippen LogP contribution in [-0.4, -0.2) is 17.3 Å². The zero-order valence-corrected chi connectivity index (χ0v) is 9.58. The molecule has 0 heterocycles. The molecule has 1 aromatic carbocycles. The van der Waals surface area contributed by atoms with Gasteiger partial charge in [-0.15, -0.1) is 0 Å². The molecule has 86 valence electrons. The van der Waals surface area contributed by atoms with Gasteiger partial charge in [0.05, 0.1) is 11.5 Å². The predicted octanol–water partition coefficient (Wildman–Crippen LogP) is 2.85. The van der Waals surface area contributed by atoms with E-state index in [4.69, 9.17) is 16.3 Å². The summed E-state index contributed by atoms with van der Waals surface area (Å²) >= 11 is 5.88. The van der Waals surface area contributed by atoms with Crippen molar-refractivity contribution >= 4 is 23.1 Å². The van der Waals surface area contributed by atoms with Gasteiger partial charge in [0.25, 0.3) is 5.69 Å². The zero-order valence-electron chi connectivity index (χ0n) is 8.82. The number of benzene rings is 1. The number of hydrogen-bond donors (Lipinski definition) is 0. The van der Waals surface area contributed by atoms with E-state index < -0.39 is 10.7 Å². The van der Waals surface area contributed by atoms with Crippen LogP contribution in [0, 0.1) is 10.1 Å². The summed E-state index contributed by atoms with van der Waals surface area (Å²) in [5, 5.41) is 10.7. The van der Waals surface area contributed by atoms with Gasteiger partial charge in [-0.05, 0) is 19.9 Å². The lowest BCUT2D eigenvalue weighted by Gasteiger charge is -2.08. The predicted molar refractivity (Wildman–Crippen MR) is 59.3 cm³/mol. The van der Waals surface area contributed by atoms with Crippen molar-refractivity contribution in [2.24, 2.45) is 0 Å². The van der Waals surface area contributed by atoms with Gasteiger partial charge in [-0.25, -0.2) is 0 Å². The molecule has 0 aliphatic carbocycles. The van der Waals surface area contributed by atoms with Crippen molar-refractivity contribution in [2.45, 2.75) is 13.8 Å². The lowest BCUT2D eigenvalue weighted by Crippen LogP contribution is -2.03. The molecule has 0 spiro atoms. The number of nitro groups is 1.